The van der Waals surface area contributed by atoms with E-state index in [-0.39, 0.29) is 18.4 Å². The standard InChI is InChI=1S/C23H23ClN4O2/c1-27(2)21(29)14-28-10-9-15-7-8-17(24)11-19(15)22(28)23(30)26-20-13-25-12-16-5-3-4-6-18(16)20/h3-8,11-13,22H,9-10,14H2,1-2H3,(H,26,30). The van der Waals surface area contributed by atoms with Crippen LogP contribution in [0.4, 0.5) is 5.69 Å². The molecule has 6 nitrogen and oxygen atoms in total. The molecule has 1 aliphatic heterocycles. The Bertz CT molecular complexity index is 1110. The third-order valence-electron chi connectivity index (χ3n) is 5.45. The van der Waals surface area contributed by atoms with Crippen LogP contribution in [0.3, 0.4) is 0 Å². The van der Waals surface area contributed by atoms with Gasteiger partial charge in [0.25, 0.3) is 0 Å². The van der Waals surface area contributed by atoms with Gasteiger partial charge >= 0.3 is 0 Å². The summed E-state index contributed by atoms with van der Waals surface area (Å²) in [6, 6.07) is 12.8. The molecule has 1 N–H and O–H groups in total. The molecule has 3 aromatic rings. The number of amides is 2. The van der Waals surface area contributed by atoms with Gasteiger partial charge in [0.05, 0.1) is 18.4 Å². The highest BCUT2D eigenvalue weighted by Gasteiger charge is 2.34. The van der Waals surface area contributed by atoms with Gasteiger partial charge in [0.15, 0.2) is 0 Å². The maximum atomic E-state index is 13.5. The number of carbonyl (C=O) groups is 2. The van der Waals surface area contributed by atoms with Crippen molar-refractivity contribution in [2.75, 3.05) is 32.5 Å². The second-order valence-electron chi connectivity index (χ2n) is 7.65. The first-order valence-corrected chi connectivity index (χ1v) is 10.2. The van der Waals surface area contributed by atoms with Gasteiger partial charge in [0, 0.05) is 42.6 Å². The van der Waals surface area contributed by atoms with E-state index in [4.69, 9.17) is 11.6 Å². The van der Waals surface area contributed by atoms with Crippen LogP contribution in [0.25, 0.3) is 10.8 Å². The van der Waals surface area contributed by atoms with Gasteiger partial charge in [-0.15, -0.1) is 0 Å². The van der Waals surface area contributed by atoms with Gasteiger partial charge in [-0.05, 0) is 29.7 Å². The summed E-state index contributed by atoms with van der Waals surface area (Å²) in [4.78, 5) is 33.6. The average molecular weight is 423 g/mol. The predicted molar refractivity (Wildman–Crippen MR) is 119 cm³/mol. The molecule has 0 aliphatic carbocycles. The normalized spacial score (nSPS) is 16.2. The summed E-state index contributed by atoms with van der Waals surface area (Å²) in [6.07, 6.45) is 4.17. The number of fused-ring (bicyclic) bond motifs is 2. The molecule has 4 rings (SSSR count). The molecule has 154 valence electrons. The first-order valence-electron chi connectivity index (χ1n) is 9.80. The van der Waals surface area contributed by atoms with E-state index < -0.39 is 6.04 Å². The molecule has 2 aromatic carbocycles. The molecule has 30 heavy (non-hydrogen) atoms. The number of likely N-dealkylation sites (N-methyl/N-ethyl adjacent to an activating group) is 1. The fourth-order valence-corrected chi connectivity index (χ4v) is 4.03. The van der Waals surface area contributed by atoms with Crippen LogP contribution < -0.4 is 5.32 Å². The van der Waals surface area contributed by atoms with Crippen LogP contribution >= 0.6 is 11.6 Å². The topological polar surface area (TPSA) is 65.5 Å². The number of pyridine rings is 1. The van der Waals surface area contributed by atoms with Crippen molar-refractivity contribution < 1.29 is 9.59 Å². The number of nitrogens with one attached hydrogen (secondary N) is 1. The molecule has 0 fully saturated rings. The molecule has 1 unspecified atom stereocenters. The number of anilines is 1. The Morgan fingerprint density at radius 1 is 1.20 bits per heavy atom. The van der Waals surface area contributed by atoms with Crippen molar-refractivity contribution in [1.29, 1.82) is 0 Å². The second-order valence-corrected chi connectivity index (χ2v) is 8.09. The predicted octanol–water partition coefficient (Wildman–Crippen LogP) is 3.51. The lowest BCUT2D eigenvalue weighted by Crippen LogP contribution is -2.46. The minimum absolute atomic E-state index is 0.0508. The molecule has 1 atom stereocenters. The Morgan fingerprint density at radius 3 is 2.80 bits per heavy atom. The molecule has 0 saturated carbocycles. The highest BCUT2D eigenvalue weighted by Crippen LogP contribution is 2.33. The van der Waals surface area contributed by atoms with E-state index in [1.807, 2.05) is 47.4 Å². The summed E-state index contributed by atoms with van der Waals surface area (Å²) in [7, 11) is 3.43. The van der Waals surface area contributed by atoms with E-state index in [1.54, 1.807) is 26.5 Å². The van der Waals surface area contributed by atoms with E-state index in [0.29, 0.717) is 17.3 Å². The van der Waals surface area contributed by atoms with Crippen molar-refractivity contribution in [2.24, 2.45) is 0 Å². The summed E-state index contributed by atoms with van der Waals surface area (Å²) in [6.45, 7) is 0.769. The first kappa shape index (κ1) is 20.3. The molecule has 2 amide bonds. The number of halogens is 1. The van der Waals surface area contributed by atoms with Crippen LogP contribution in [-0.2, 0) is 16.0 Å². The fraction of sp³-hybridized carbons (Fsp3) is 0.261. The molecule has 2 heterocycles. The number of carbonyl (C=O) groups excluding carboxylic acids is 2. The molecule has 7 heteroatoms. The van der Waals surface area contributed by atoms with Gasteiger partial charge in [-0.1, -0.05) is 41.9 Å². The van der Waals surface area contributed by atoms with Crippen LogP contribution in [0.1, 0.15) is 17.2 Å². The van der Waals surface area contributed by atoms with Crippen molar-refractivity contribution in [3.63, 3.8) is 0 Å². The van der Waals surface area contributed by atoms with E-state index >= 15 is 0 Å². The average Bonchev–Trinajstić information content (AvgIpc) is 2.73. The minimum Gasteiger partial charge on any atom is -0.348 e. The zero-order chi connectivity index (χ0) is 21.3. The summed E-state index contributed by atoms with van der Waals surface area (Å²) >= 11 is 6.25. The quantitative estimate of drug-likeness (QED) is 0.698. The fourth-order valence-electron chi connectivity index (χ4n) is 3.85. The molecule has 0 radical (unpaired) electrons. The van der Waals surface area contributed by atoms with Crippen molar-refractivity contribution in [1.82, 2.24) is 14.8 Å². The summed E-state index contributed by atoms with van der Waals surface area (Å²) < 4.78 is 0. The number of benzene rings is 2. The maximum Gasteiger partial charge on any atom is 0.246 e. The van der Waals surface area contributed by atoms with Gasteiger partial charge in [-0.3, -0.25) is 19.5 Å². The second kappa shape index (κ2) is 8.42. The molecule has 1 aromatic heterocycles. The number of hydrogen-bond donors (Lipinski definition) is 1. The summed E-state index contributed by atoms with van der Waals surface area (Å²) in [5.41, 5.74) is 2.56. The molecular formula is C23H23ClN4O2. The number of nitrogens with zero attached hydrogens (tertiary/aromatic N) is 3. The zero-order valence-electron chi connectivity index (χ0n) is 16.9. The van der Waals surface area contributed by atoms with Crippen LogP contribution in [0, 0.1) is 0 Å². The van der Waals surface area contributed by atoms with Crippen molar-refractivity contribution >= 4 is 39.9 Å². The minimum atomic E-state index is -0.615. The molecular weight excluding hydrogens is 400 g/mol. The summed E-state index contributed by atoms with van der Waals surface area (Å²) in [5, 5.41) is 5.47. The Morgan fingerprint density at radius 2 is 2.00 bits per heavy atom. The van der Waals surface area contributed by atoms with Crippen LogP contribution in [-0.4, -0.2) is 53.8 Å². The Balaban J connectivity index is 1.70. The highest BCUT2D eigenvalue weighted by molar-refractivity contribution is 6.30. The van der Waals surface area contributed by atoms with Crippen molar-refractivity contribution in [3.05, 3.63) is 71.0 Å². The highest BCUT2D eigenvalue weighted by atomic mass is 35.5. The Labute approximate surface area is 180 Å². The number of aromatic nitrogens is 1. The van der Waals surface area contributed by atoms with Gasteiger partial charge < -0.3 is 10.2 Å². The molecule has 0 saturated heterocycles. The first-order chi connectivity index (χ1) is 14.4. The lowest BCUT2D eigenvalue weighted by atomic mass is 9.91. The van der Waals surface area contributed by atoms with E-state index in [2.05, 4.69) is 10.3 Å². The largest absolute Gasteiger partial charge is 0.348 e. The van der Waals surface area contributed by atoms with Crippen molar-refractivity contribution in [3.8, 4) is 0 Å². The van der Waals surface area contributed by atoms with E-state index in [9.17, 15) is 9.59 Å². The van der Waals surface area contributed by atoms with E-state index in [1.165, 1.54) is 4.90 Å². The number of hydrogen-bond acceptors (Lipinski definition) is 4. The molecule has 0 spiro atoms. The number of rotatable bonds is 4. The smallest absolute Gasteiger partial charge is 0.246 e. The lowest BCUT2D eigenvalue weighted by molar-refractivity contribution is -0.132. The van der Waals surface area contributed by atoms with Gasteiger partial charge in [-0.25, -0.2) is 0 Å². The van der Waals surface area contributed by atoms with Crippen LogP contribution in [0.5, 0.6) is 0 Å². The zero-order valence-corrected chi connectivity index (χ0v) is 17.7. The lowest BCUT2D eigenvalue weighted by Gasteiger charge is -2.36. The van der Waals surface area contributed by atoms with Crippen molar-refractivity contribution in [2.45, 2.75) is 12.5 Å². The third-order valence-corrected chi connectivity index (χ3v) is 5.68. The van der Waals surface area contributed by atoms with E-state index in [0.717, 1.165) is 28.3 Å². The SMILES string of the molecule is CN(C)C(=O)CN1CCc2ccc(Cl)cc2C1C(=O)Nc1cncc2ccccc12. The molecule has 0 bridgehead atoms. The Kier molecular flexibility index (Phi) is 5.70. The van der Waals surface area contributed by atoms with Gasteiger partial charge in [0.2, 0.25) is 11.8 Å². The Hall–Kier alpha value is -2.96. The monoisotopic (exact) mass is 422 g/mol. The van der Waals surface area contributed by atoms with Crippen LogP contribution in [0.2, 0.25) is 5.02 Å². The van der Waals surface area contributed by atoms with Crippen LogP contribution in [0.15, 0.2) is 54.9 Å². The molecule has 1 aliphatic rings. The summed E-state index contributed by atoms with van der Waals surface area (Å²) in [5.74, 6) is -0.256. The van der Waals surface area contributed by atoms with Gasteiger partial charge in [-0.2, -0.15) is 0 Å². The van der Waals surface area contributed by atoms with Gasteiger partial charge in [0.1, 0.15) is 6.04 Å². The third kappa shape index (κ3) is 4.01. The maximum absolute atomic E-state index is 13.5.